The fourth-order valence-corrected chi connectivity index (χ4v) is 4.07. The van der Waals surface area contributed by atoms with Crippen LogP contribution in [0.5, 0.6) is 0 Å². The molecule has 2 amide bonds. The van der Waals surface area contributed by atoms with E-state index in [0.717, 1.165) is 10.4 Å². The Labute approximate surface area is 151 Å². The highest BCUT2D eigenvalue weighted by Crippen LogP contribution is 2.33. The minimum Gasteiger partial charge on any atom is -0.355 e. The molecule has 9 heteroatoms. The van der Waals surface area contributed by atoms with Crippen LogP contribution in [0.3, 0.4) is 0 Å². The predicted octanol–water partition coefficient (Wildman–Crippen LogP) is 1.44. The first-order chi connectivity index (χ1) is 12.1. The fourth-order valence-electron chi connectivity index (χ4n) is 2.34. The lowest BCUT2D eigenvalue weighted by molar-refractivity contribution is -0.122. The lowest BCUT2D eigenvalue weighted by Gasteiger charge is -2.08. The largest absolute Gasteiger partial charge is 0.355 e. The van der Waals surface area contributed by atoms with Crippen LogP contribution in [0.15, 0.2) is 34.0 Å². The predicted molar refractivity (Wildman–Crippen MR) is 98.9 cm³/mol. The average Bonchev–Trinajstić information content (AvgIpc) is 3.23. The summed E-state index contributed by atoms with van der Waals surface area (Å²) in [5.41, 5.74) is 0.625. The van der Waals surface area contributed by atoms with E-state index < -0.39 is 0 Å². The smallest absolute Gasteiger partial charge is 0.263 e. The third-order valence-corrected chi connectivity index (χ3v) is 5.27. The van der Waals surface area contributed by atoms with E-state index in [4.69, 9.17) is 0 Å². The maximum absolute atomic E-state index is 12.8. The second kappa shape index (κ2) is 7.58. The van der Waals surface area contributed by atoms with E-state index in [2.05, 4.69) is 15.6 Å². The van der Waals surface area contributed by atoms with Crippen LogP contribution in [0.4, 0.5) is 0 Å². The molecule has 7 nitrogen and oxygen atoms in total. The molecule has 25 heavy (non-hydrogen) atoms. The number of thiophene rings is 2. The monoisotopic (exact) mass is 376 g/mol. The van der Waals surface area contributed by atoms with Gasteiger partial charge in [-0.1, -0.05) is 6.07 Å². The molecule has 0 saturated carbocycles. The molecule has 0 fully saturated rings. The number of nitrogens with zero attached hydrogens (tertiary/aromatic N) is 2. The summed E-state index contributed by atoms with van der Waals surface area (Å²) in [5.74, 6) is -0.458. The van der Waals surface area contributed by atoms with Gasteiger partial charge in [0.1, 0.15) is 11.4 Å². The van der Waals surface area contributed by atoms with Gasteiger partial charge in [0, 0.05) is 35.8 Å². The van der Waals surface area contributed by atoms with Crippen LogP contribution in [0.1, 0.15) is 6.92 Å². The second-order valence-electron chi connectivity index (χ2n) is 5.32. The third kappa shape index (κ3) is 3.94. The quantitative estimate of drug-likeness (QED) is 0.637. The Morgan fingerprint density at radius 2 is 2.04 bits per heavy atom. The highest BCUT2D eigenvalue weighted by Gasteiger charge is 2.15. The van der Waals surface area contributed by atoms with Gasteiger partial charge >= 0.3 is 0 Å². The van der Waals surface area contributed by atoms with Crippen molar-refractivity contribution >= 4 is 44.7 Å². The minimum atomic E-state index is -0.304. The van der Waals surface area contributed by atoms with Gasteiger partial charge in [0.15, 0.2) is 0 Å². The molecule has 0 unspecified atom stereocenters. The summed E-state index contributed by atoms with van der Waals surface area (Å²) in [4.78, 5) is 41.5. The van der Waals surface area contributed by atoms with E-state index >= 15 is 0 Å². The van der Waals surface area contributed by atoms with Crippen molar-refractivity contribution in [3.05, 3.63) is 39.6 Å². The van der Waals surface area contributed by atoms with Crippen LogP contribution in [0.2, 0.25) is 0 Å². The van der Waals surface area contributed by atoms with E-state index in [9.17, 15) is 14.4 Å². The lowest BCUT2D eigenvalue weighted by Crippen LogP contribution is -2.37. The molecule has 0 radical (unpaired) electrons. The Balaban J connectivity index is 1.77. The SMILES string of the molecule is CC(=O)NCCNC(=O)Cn1cnc2scc(-c3cccs3)c2c1=O. The van der Waals surface area contributed by atoms with Gasteiger partial charge in [0.2, 0.25) is 11.8 Å². The average molecular weight is 376 g/mol. The zero-order chi connectivity index (χ0) is 17.8. The van der Waals surface area contributed by atoms with Crippen molar-refractivity contribution in [3.8, 4) is 10.4 Å². The van der Waals surface area contributed by atoms with Crippen molar-refractivity contribution in [1.82, 2.24) is 20.2 Å². The van der Waals surface area contributed by atoms with Gasteiger partial charge in [-0.25, -0.2) is 4.98 Å². The molecule has 0 atom stereocenters. The van der Waals surface area contributed by atoms with Crippen LogP contribution >= 0.6 is 22.7 Å². The number of carbonyl (C=O) groups is 2. The normalized spacial score (nSPS) is 10.8. The third-order valence-electron chi connectivity index (χ3n) is 3.48. The van der Waals surface area contributed by atoms with Crippen LogP contribution in [-0.2, 0) is 16.1 Å². The number of aromatic nitrogens is 2. The molecule has 0 aliphatic rings. The van der Waals surface area contributed by atoms with Crippen molar-refractivity contribution in [2.75, 3.05) is 13.1 Å². The van der Waals surface area contributed by atoms with Crippen LogP contribution < -0.4 is 16.2 Å². The number of hydrogen-bond donors (Lipinski definition) is 2. The first kappa shape index (κ1) is 17.3. The summed E-state index contributed by atoms with van der Waals surface area (Å²) in [6.45, 7) is 1.96. The number of fused-ring (bicyclic) bond motifs is 1. The maximum atomic E-state index is 12.8. The van der Waals surface area contributed by atoms with Gasteiger partial charge in [0.25, 0.3) is 5.56 Å². The molecule has 130 valence electrons. The van der Waals surface area contributed by atoms with Gasteiger partial charge in [0.05, 0.1) is 11.7 Å². The molecule has 3 heterocycles. The zero-order valence-electron chi connectivity index (χ0n) is 13.4. The summed E-state index contributed by atoms with van der Waals surface area (Å²) in [7, 11) is 0. The zero-order valence-corrected chi connectivity index (χ0v) is 15.1. The van der Waals surface area contributed by atoms with E-state index in [1.54, 1.807) is 11.3 Å². The fraction of sp³-hybridized carbons (Fsp3) is 0.250. The van der Waals surface area contributed by atoms with Crippen molar-refractivity contribution in [3.63, 3.8) is 0 Å². The summed E-state index contributed by atoms with van der Waals surface area (Å²) in [6.07, 6.45) is 1.40. The Kier molecular flexibility index (Phi) is 5.25. The number of rotatable bonds is 6. The second-order valence-corrected chi connectivity index (χ2v) is 7.12. The number of carbonyl (C=O) groups excluding carboxylic acids is 2. The van der Waals surface area contributed by atoms with E-state index in [0.29, 0.717) is 23.3 Å². The number of amides is 2. The molecular formula is C16H16N4O3S2. The Morgan fingerprint density at radius 3 is 2.76 bits per heavy atom. The van der Waals surface area contributed by atoms with Crippen LogP contribution in [0.25, 0.3) is 20.7 Å². The topological polar surface area (TPSA) is 93.1 Å². The van der Waals surface area contributed by atoms with Gasteiger partial charge in [-0.3, -0.25) is 19.0 Å². The molecule has 3 aromatic heterocycles. The first-order valence-electron chi connectivity index (χ1n) is 7.58. The molecule has 0 aliphatic heterocycles. The first-order valence-corrected chi connectivity index (χ1v) is 9.34. The van der Waals surface area contributed by atoms with Crippen LogP contribution in [-0.4, -0.2) is 34.5 Å². The van der Waals surface area contributed by atoms with E-state index in [-0.39, 0.29) is 23.9 Å². The summed E-state index contributed by atoms with van der Waals surface area (Å²) < 4.78 is 1.31. The molecule has 0 spiro atoms. The molecule has 0 aromatic carbocycles. The molecule has 0 bridgehead atoms. The van der Waals surface area contributed by atoms with Gasteiger partial charge in [-0.15, -0.1) is 22.7 Å². The van der Waals surface area contributed by atoms with Crippen molar-refractivity contribution in [1.29, 1.82) is 0 Å². The molecule has 0 aliphatic carbocycles. The highest BCUT2D eigenvalue weighted by molar-refractivity contribution is 7.18. The van der Waals surface area contributed by atoms with Gasteiger partial charge < -0.3 is 10.6 Å². The van der Waals surface area contributed by atoms with Crippen molar-refractivity contribution < 1.29 is 9.59 Å². The molecule has 3 rings (SSSR count). The molecular weight excluding hydrogens is 360 g/mol. The number of nitrogens with one attached hydrogen (secondary N) is 2. The summed E-state index contributed by atoms with van der Waals surface area (Å²) in [5, 5.41) is 9.67. The lowest BCUT2D eigenvalue weighted by atomic mass is 10.2. The molecule has 2 N–H and O–H groups in total. The molecule has 0 saturated heterocycles. The summed E-state index contributed by atoms with van der Waals surface area (Å²) in [6, 6.07) is 3.89. The molecule has 3 aromatic rings. The van der Waals surface area contributed by atoms with Gasteiger partial charge in [-0.2, -0.15) is 0 Å². The Bertz CT molecular complexity index is 960. The highest BCUT2D eigenvalue weighted by atomic mass is 32.1. The minimum absolute atomic E-state index is 0.110. The van der Waals surface area contributed by atoms with Crippen LogP contribution in [0, 0.1) is 0 Å². The van der Waals surface area contributed by atoms with E-state index in [1.807, 2.05) is 22.9 Å². The van der Waals surface area contributed by atoms with Crippen molar-refractivity contribution in [2.45, 2.75) is 13.5 Å². The Hall–Kier alpha value is -2.52. The number of hydrogen-bond acceptors (Lipinski definition) is 6. The van der Waals surface area contributed by atoms with Crippen molar-refractivity contribution in [2.24, 2.45) is 0 Å². The standard InChI is InChI=1S/C16H16N4O3S2/c1-10(21)17-4-5-18-13(22)7-20-9-19-15-14(16(20)23)11(8-25-15)12-3-2-6-24-12/h2-3,6,8-9H,4-5,7H2,1H3,(H,17,21)(H,18,22). The Morgan fingerprint density at radius 1 is 1.24 bits per heavy atom. The van der Waals surface area contributed by atoms with E-state index in [1.165, 1.54) is 29.2 Å². The summed E-state index contributed by atoms with van der Waals surface area (Å²) >= 11 is 2.97. The maximum Gasteiger partial charge on any atom is 0.263 e. The van der Waals surface area contributed by atoms with Gasteiger partial charge in [-0.05, 0) is 11.4 Å².